The van der Waals surface area contributed by atoms with Crippen LogP contribution in [0.4, 0.5) is 0 Å². The molecule has 4 atom stereocenters. The van der Waals surface area contributed by atoms with Crippen LogP contribution in [0.1, 0.15) is 40.5 Å². The Labute approximate surface area is 113 Å². The molecule has 2 aliphatic rings. The van der Waals surface area contributed by atoms with Crippen molar-refractivity contribution in [1.29, 1.82) is 0 Å². The predicted molar refractivity (Wildman–Crippen MR) is 67.4 cm³/mol. The summed E-state index contributed by atoms with van der Waals surface area (Å²) in [5.74, 6) is -0.524. The Morgan fingerprint density at radius 1 is 1.21 bits per heavy atom. The summed E-state index contributed by atoms with van der Waals surface area (Å²) in [5.41, 5.74) is -0.566. The zero-order chi connectivity index (χ0) is 14.3. The molecule has 5 heteroatoms. The van der Waals surface area contributed by atoms with E-state index in [1.54, 1.807) is 0 Å². The van der Waals surface area contributed by atoms with Gasteiger partial charge in [0.05, 0.1) is 24.9 Å². The molecule has 2 aliphatic heterocycles. The van der Waals surface area contributed by atoms with Gasteiger partial charge in [0.25, 0.3) is 0 Å². The van der Waals surface area contributed by atoms with Gasteiger partial charge >= 0.3 is 11.9 Å². The smallest absolute Gasteiger partial charge is 0.302 e. The molecule has 0 spiro atoms. The summed E-state index contributed by atoms with van der Waals surface area (Å²) >= 11 is 0. The molecule has 19 heavy (non-hydrogen) atoms. The lowest BCUT2D eigenvalue weighted by Gasteiger charge is -2.40. The minimum Gasteiger partial charge on any atom is -0.465 e. The van der Waals surface area contributed by atoms with Gasteiger partial charge in [-0.05, 0) is 19.8 Å². The Morgan fingerprint density at radius 3 is 2.42 bits per heavy atom. The average molecular weight is 270 g/mol. The fourth-order valence-electron chi connectivity index (χ4n) is 3.52. The lowest BCUT2D eigenvalue weighted by molar-refractivity contribution is -0.151. The molecule has 0 saturated carbocycles. The van der Waals surface area contributed by atoms with Crippen molar-refractivity contribution in [3.05, 3.63) is 0 Å². The van der Waals surface area contributed by atoms with E-state index < -0.39 is 0 Å². The van der Waals surface area contributed by atoms with E-state index in [-0.39, 0.29) is 35.0 Å². The van der Waals surface area contributed by atoms with Crippen LogP contribution in [0.3, 0.4) is 0 Å². The van der Waals surface area contributed by atoms with Gasteiger partial charge < -0.3 is 14.2 Å². The van der Waals surface area contributed by atoms with Crippen LogP contribution in [0.2, 0.25) is 0 Å². The van der Waals surface area contributed by atoms with Gasteiger partial charge in [0, 0.05) is 25.2 Å². The molecule has 2 heterocycles. The van der Waals surface area contributed by atoms with Crippen molar-refractivity contribution in [3.63, 3.8) is 0 Å². The van der Waals surface area contributed by atoms with E-state index in [0.29, 0.717) is 13.2 Å². The Bertz CT molecular complexity index is 393. The highest BCUT2D eigenvalue weighted by Crippen LogP contribution is 2.57. The van der Waals surface area contributed by atoms with Gasteiger partial charge in [0.15, 0.2) is 0 Å². The van der Waals surface area contributed by atoms with E-state index in [9.17, 15) is 9.59 Å². The summed E-state index contributed by atoms with van der Waals surface area (Å²) in [6.07, 6.45) is 1.99. The lowest BCUT2D eigenvalue weighted by atomic mass is 9.63. The summed E-state index contributed by atoms with van der Waals surface area (Å²) < 4.78 is 16.5. The maximum Gasteiger partial charge on any atom is 0.302 e. The number of hydrogen-bond donors (Lipinski definition) is 0. The first-order chi connectivity index (χ1) is 8.78. The molecule has 0 N–H and O–H groups in total. The molecule has 2 fully saturated rings. The molecule has 2 rings (SSSR count). The summed E-state index contributed by atoms with van der Waals surface area (Å²) in [6.45, 7) is 7.55. The van der Waals surface area contributed by atoms with Crippen LogP contribution in [0.15, 0.2) is 0 Å². The average Bonchev–Trinajstić information content (AvgIpc) is 2.77. The molecule has 5 nitrogen and oxygen atoms in total. The lowest BCUT2D eigenvalue weighted by Crippen LogP contribution is -2.48. The van der Waals surface area contributed by atoms with E-state index in [1.807, 2.05) is 0 Å². The van der Waals surface area contributed by atoms with Crippen molar-refractivity contribution in [2.24, 2.45) is 11.3 Å². The second-order valence-corrected chi connectivity index (χ2v) is 6.10. The molecule has 0 radical (unpaired) electrons. The molecule has 2 saturated heterocycles. The van der Waals surface area contributed by atoms with Gasteiger partial charge in [-0.3, -0.25) is 9.59 Å². The van der Waals surface area contributed by atoms with Crippen LogP contribution in [-0.4, -0.2) is 36.9 Å². The first kappa shape index (κ1) is 14.3. The first-order valence-corrected chi connectivity index (χ1v) is 6.72. The SMILES string of the molecule is CC(=O)OC[C@@H]1[C@@](C)(COC(C)=O)[C@H]2CC[C@]1(C)O2. The standard InChI is InChI=1S/C14H22O5/c1-9(15)17-7-11-13(3,8-18-10(2)16)12-5-6-14(11,4)19-12/h11-12H,5-8H2,1-4H3/t11-,12-,13-,14+/m1/s1. The summed E-state index contributed by atoms with van der Waals surface area (Å²) in [5, 5.41) is 0. The molecule has 0 aromatic rings. The largest absolute Gasteiger partial charge is 0.465 e. The highest BCUT2D eigenvalue weighted by atomic mass is 16.6. The highest BCUT2D eigenvalue weighted by Gasteiger charge is 2.63. The van der Waals surface area contributed by atoms with Gasteiger partial charge in [-0.25, -0.2) is 0 Å². The third-order valence-corrected chi connectivity index (χ3v) is 4.62. The molecular weight excluding hydrogens is 248 g/mol. The Balaban J connectivity index is 2.14. The van der Waals surface area contributed by atoms with Crippen molar-refractivity contribution < 1.29 is 23.8 Å². The van der Waals surface area contributed by atoms with Gasteiger partial charge in [0.2, 0.25) is 0 Å². The number of carbonyl (C=O) groups is 2. The molecule has 2 bridgehead atoms. The normalized spacial score (nSPS) is 40.2. The van der Waals surface area contributed by atoms with Crippen molar-refractivity contribution >= 4 is 11.9 Å². The summed E-state index contributed by atoms with van der Waals surface area (Å²) in [7, 11) is 0. The molecule has 0 unspecified atom stereocenters. The van der Waals surface area contributed by atoms with E-state index in [4.69, 9.17) is 14.2 Å². The number of hydrogen-bond acceptors (Lipinski definition) is 5. The molecule has 0 aromatic heterocycles. The zero-order valence-corrected chi connectivity index (χ0v) is 12.0. The van der Waals surface area contributed by atoms with Crippen LogP contribution in [0.25, 0.3) is 0 Å². The number of carbonyl (C=O) groups excluding carboxylic acids is 2. The number of ether oxygens (including phenoxy) is 3. The molecule has 0 amide bonds. The molecule has 0 aliphatic carbocycles. The van der Waals surface area contributed by atoms with Crippen LogP contribution >= 0.6 is 0 Å². The summed E-state index contributed by atoms with van der Waals surface area (Å²) in [4.78, 5) is 22.1. The van der Waals surface area contributed by atoms with Crippen LogP contribution in [-0.2, 0) is 23.8 Å². The second kappa shape index (κ2) is 4.78. The molecule has 108 valence electrons. The van der Waals surface area contributed by atoms with Crippen LogP contribution in [0.5, 0.6) is 0 Å². The third-order valence-electron chi connectivity index (χ3n) is 4.62. The van der Waals surface area contributed by atoms with E-state index in [2.05, 4.69) is 13.8 Å². The topological polar surface area (TPSA) is 61.8 Å². The maximum atomic E-state index is 11.1. The Kier molecular flexibility index (Phi) is 3.60. The monoisotopic (exact) mass is 270 g/mol. The van der Waals surface area contributed by atoms with Crippen LogP contribution in [0, 0.1) is 11.3 Å². The zero-order valence-electron chi connectivity index (χ0n) is 12.0. The van der Waals surface area contributed by atoms with Gasteiger partial charge in [0.1, 0.15) is 0 Å². The first-order valence-electron chi connectivity index (χ1n) is 6.72. The van der Waals surface area contributed by atoms with Crippen molar-refractivity contribution in [1.82, 2.24) is 0 Å². The van der Waals surface area contributed by atoms with Gasteiger partial charge in [-0.1, -0.05) is 6.92 Å². The predicted octanol–water partition coefficient (Wildman–Crippen LogP) is 1.69. The minimum absolute atomic E-state index is 0.0574. The molecule has 0 aromatic carbocycles. The van der Waals surface area contributed by atoms with E-state index in [1.165, 1.54) is 13.8 Å². The number of fused-ring (bicyclic) bond motifs is 2. The van der Waals surface area contributed by atoms with E-state index >= 15 is 0 Å². The van der Waals surface area contributed by atoms with Crippen molar-refractivity contribution in [2.75, 3.05) is 13.2 Å². The third kappa shape index (κ3) is 2.48. The molecular formula is C14H22O5. The quantitative estimate of drug-likeness (QED) is 0.727. The van der Waals surface area contributed by atoms with Gasteiger partial charge in [-0.15, -0.1) is 0 Å². The Hall–Kier alpha value is -1.10. The second-order valence-electron chi connectivity index (χ2n) is 6.10. The van der Waals surface area contributed by atoms with E-state index in [0.717, 1.165) is 12.8 Å². The Morgan fingerprint density at radius 2 is 1.84 bits per heavy atom. The maximum absolute atomic E-state index is 11.1. The van der Waals surface area contributed by atoms with Crippen LogP contribution < -0.4 is 0 Å². The van der Waals surface area contributed by atoms with Crippen molar-refractivity contribution in [3.8, 4) is 0 Å². The fourth-order valence-corrected chi connectivity index (χ4v) is 3.52. The number of esters is 2. The number of rotatable bonds is 4. The highest BCUT2D eigenvalue weighted by molar-refractivity contribution is 5.66. The fraction of sp³-hybridized carbons (Fsp3) is 0.857. The van der Waals surface area contributed by atoms with Gasteiger partial charge in [-0.2, -0.15) is 0 Å². The summed E-state index contributed by atoms with van der Waals surface area (Å²) in [6, 6.07) is 0. The minimum atomic E-state index is -0.291. The van der Waals surface area contributed by atoms with Crippen molar-refractivity contribution in [2.45, 2.75) is 52.2 Å².